The van der Waals surface area contributed by atoms with Gasteiger partial charge in [-0.1, -0.05) is 0 Å². The van der Waals surface area contributed by atoms with Gasteiger partial charge >= 0.3 is 0 Å². The third-order valence-corrected chi connectivity index (χ3v) is 5.54. The van der Waals surface area contributed by atoms with E-state index in [1.807, 2.05) is 20.9 Å². The zero-order valence-electron chi connectivity index (χ0n) is 13.4. The molecule has 3 heterocycles. The molecule has 0 aromatic carbocycles. The predicted molar refractivity (Wildman–Crippen MR) is 80.7 cm³/mol. The number of amides is 2. The van der Waals surface area contributed by atoms with Crippen LogP contribution in [0, 0.1) is 5.92 Å². The van der Waals surface area contributed by atoms with Gasteiger partial charge in [0.25, 0.3) is 0 Å². The molecular formula is C16H27N3O2. The average Bonchev–Trinajstić information content (AvgIpc) is 2.75. The van der Waals surface area contributed by atoms with Crippen molar-refractivity contribution in [3.8, 4) is 0 Å². The fraction of sp³-hybridized carbons (Fsp3) is 0.875. The van der Waals surface area contributed by atoms with Crippen molar-refractivity contribution in [2.24, 2.45) is 5.92 Å². The number of nitrogens with zero attached hydrogens (tertiary/aromatic N) is 2. The lowest BCUT2D eigenvalue weighted by Crippen LogP contribution is -2.63. The fourth-order valence-electron chi connectivity index (χ4n) is 4.35. The van der Waals surface area contributed by atoms with Crippen LogP contribution in [0.25, 0.3) is 0 Å². The van der Waals surface area contributed by atoms with Gasteiger partial charge in [0.15, 0.2) is 0 Å². The number of hydrogen-bond acceptors (Lipinski definition) is 3. The summed E-state index contributed by atoms with van der Waals surface area (Å²) in [5.41, 5.74) is -0.698. The number of hydrogen-bond donors (Lipinski definition) is 1. The van der Waals surface area contributed by atoms with E-state index in [1.54, 1.807) is 9.80 Å². The number of piperazine rings is 1. The van der Waals surface area contributed by atoms with Crippen LogP contribution in [0.4, 0.5) is 0 Å². The van der Waals surface area contributed by atoms with E-state index >= 15 is 0 Å². The van der Waals surface area contributed by atoms with Gasteiger partial charge in [-0.05, 0) is 45.4 Å². The molecule has 3 aliphatic rings. The number of rotatable bonds is 2. The number of piperidine rings is 1. The largest absolute Gasteiger partial charge is 0.342 e. The van der Waals surface area contributed by atoms with Gasteiger partial charge in [-0.2, -0.15) is 0 Å². The molecule has 5 nitrogen and oxygen atoms in total. The molecule has 3 saturated heterocycles. The van der Waals surface area contributed by atoms with Crippen LogP contribution in [0.5, 0.6) is 0 Å². The SMILES string of the molecule is CN1CCN(C(=O)CC2CC3CCC(C2)N3)C(C)(C)C1=O. The van der Waals surface area contributed by atoms with Crippen LogP contribution >= 0.6 is 0 Å². The van der Waals surface area contributed by atoms with Gasteiger partial charge in [0, 0.05) is 38.6 Å². The molecule has 3 fully saturated rings. The number of fused-ring (bicyclic) bond motifs is 2. The van der Waals surface area contributed by atoms with Gasteiger partial charge in [0.1, 0.15) is 5.54 Å². The molecule has 0 saturated carbocycles. The highest BCUT2D eigenvalue weighted by atomic mass is 16.2. The molecule has 0 aliphatic carbocycles. The normalized spacial score (nSPS) is 35.2. The third-order valence-electron chi connectivity index (χ3n) is 5.54. The molecule has 1 N–H and O–H groups in total. The Bertz CT molecular complexity index is 437. The topological polar surface area (TPSA) is 52.6 Å². The summed E-state index contributed by atoms with van der Waals surface area (Å²) in [6.45, 7) is 5.04. The highest BCUT2D eigenvalue weighted by Crippen LogP contribution is 2.34. The molecule has 21 heavy (non-hydrogen) atoms. The van der Waals surface area contributed by atoms with E-state index in [0.29, 0.717) is 37.5 Å². The van der Waals surface area contributed by atoms with Gasteiger partial charge < -0.3 is 15.1 Å². The molecule has 118 valence electrons. The molecular weight excluding hydrogens is 266 g/mol. The first-order valence-corrected chi connectivity index (χ1v) is 8.20. The first kappa shape index (κ1) is 14.8. The highest BCUT2D eigenvalue weighted by molar-refractivity contribution is 5.91. The van der Waals surface area contributed by atoms with Crippen LogP contribution in [0.3, 0.4) is 0 Å². The van der Waals surface area contributed by atoms with Gasteiger partial charge in [0.2, 0.25) is 11.8 Å². The Kier molecular flexibility index (Phi) is 3.72. The zero-order chi connectivity index (χ0) is 15.2. The van der Waals surface area contributed by atoms with Crippen LogP contribution < -0.4 is 5.32 Å². The maximum atomic E-state index is 12.7. The lowest BCUT2D eigenvalue weighted by molar-refractivity contribution is -0.157. The molecule has 2 amide bonds. The van der Waals surface area contributed by atoms with E-state index in [-0.39, 0.29) is 11.8 Å². The lowest BCUT2D eigenvalue weighted by Gasteiger charge is -2.45. The Morgan fingerprint density at radius 2 is 1.86 bits per heavy atom. The van der Waals surface area contributed by atoms with Crippen LogP contribution in [-0.2, 0) is 9.59 Å². The van der Waals surface area contributed by atoms with Crippen LogP contribution in [0.15, 0.2) is 0 Å². The molecule has 2 atom stereocenters. The minimum absolute atomic E-state index is 0.0486. The van der Waals surface area contributed by atoms with Crippen molar-refractivity contribution in [2.75, 3.05) is 20.1 Å². The Labute approximate surface area is 127 Å². The second kappa shape index (κ2) is 5.27. The Hall–Kier alpha value is -1.10. The lowest BCUT2D eigenvalue weighted by atomic mass is 9.88. The van der Waals surface area contributed by atoms with Crippen LogP contribution in [0.1, 0.15) is 46.0 Å². The number of carbonyl (C=O) groups excluding carboxylic acids is 2. The molecule has 2 unspecified atom stereocenters. The number of likely N-dealkylation sites (N-methyl/N-ethyl adjacent to an activating group) is 1. The maximum absolute atomic E-state index is 12.7. The van der Waals surface area contributed by atoms with Gasteiger partial charge in [0.05, 0.1) is 0 Å². The van der Waals surface area contributed by atoms with Crippen molar-refractivity contribution >= 4 is 11.8 Å². The summed E-state index contributed by atoms with van der Waals surface area (Å²) in [5.74, 6) is 0.696. The summed E-state index contributed by atoms with van der Waals surface area (Å²) in [6, 6.07) is 1.23. The number of nitrogens with one attached hydrogen (secondary N) is 1. The monoisotopic (exact) mass is 293 g/mol. The minimum Gasteiger partial charge on any atom is -0.342 e. The minimum atomic E-state index is -0.698. The van der Waals surface area contributed by atoms with E-state index in [1.165, 1.54) is 12.8 Å². The molecule has 0 aromatic heterocycles. The Morgan fingerprint density at radius 3 is 2.48 bits per heavy atom. The summed E-state index contributed by atoms with van der Waals surface area (Å²) in [4.78, 5) is 28.5. The van der Waals surface area contributed by atoms with Crippen molar-refractivity contribution < 1.29 is 9.59 Å². The van der Waals surface area contributed by atoms with Crippen molar-refractivity contribution in [3.05, 3.63) is 0 Å². The molecule has 0 radical (unpaired) electrons. The van der Waals surface area contributed by atoms with E-state index in [2.05, 4.69) is 5.32 Å². The molecule has 0 spiro atoms. The summed E-state index contributed by atoms with van der Waals surface area (Å²) >= 11 is 0. The van der Waals surface area contributed by atoms with Gasteiger partial charge in [-0.25, -0.2) is 0 Å². The second-order valence-electron chi connectivity index (χ2n) is 7.51. The smallest absolute Gasteiger partial charge is 0.247 e. The number of carbonyl (C=O) groups is 2. The quantitative estimate of drug-likeness (QED) is 0.826. The molecule has 0 aromatic rings. The van der Waals surface area contributed by atoms with Crippen molar-refractivity contribution in [1.29, 1.82) is 0 Å². The standard InChI is InChI=1S/C16H27N3O2/c1-16(2)15(21)18(3)6-7-19(16)14(20)10-11-8-12-4-5-13(9-11)17-12/h11-13,17H,4-10H2,1-3H3. The fourth-order valence-corrected chi connectivity index (χ4v) is 4.35. The third kappa shape index (κ3) is 2.68. The Balaban J connectivity index is 1.64. The van der Waals surface area contributed by atoms with Gasteiger partial charge in [-0.15, -0.1) is 0 Å². The molecule has 3 aliphatic heterocycles. The predicted octanol–water partition coefficient (Wildman–Crippen LogP) is 0.986. The van der Waals surface area contributed by atoms with Crippen molar-refractivity contribution in [1.82, 2.24) is 15.1 Å². The van der Waals surface area contributed by atoms with Gasteiger partial charge in [-0.3, -0.25) is 9.59 Å². The van der Waals surface area contributed by atoms with Crippen LogP contribution in [-0.4, -0.2) is 59.4 Å². The molecule has 5 heteroatoms. The van der Waals surface area contributed by atoms with E-state index < -0.39 is 5.54 Å². The molecule has 3 rings (SSSR count). The van der Waals surface area contributed by atoms with E-state index in [0.717, 1.165) is 12.8 Å². The second-order valence-corrected chi connectivity index (χ2v) is 7.51. The zero-order valence-corrected chi connectivity index (χ0v) is 13.4. The Morgan fingerprint density at radius 1 is 1.24 bits per heavy atom. The van der Waals surface area contributed by atoms with Crippen LogP contribution in [0.2, 0.25) is 0 Å². The molecule has 2 bridgehead atoms. The first-order chi connectivity index (χ1) is 9.88. The maximum Gasteiger partial charge on any atom is 0.247 e. The summed E-state index contributed by atoms with van der Waals surface area (Å²) < 4.78 is 0. The van der Waals surface area contributed by atoms with Crippen molar-refractivity contribution in [3.63, 3.8) is 0 Å². The van der Waals surface area contributed by atoms with E-state index in [4.69, 9.17) is 0 Å². The summed E-state index contributed by atoms with van der Waals surface area (Å²) in [7, 11) is 1.82. The summed E-state index contributed by atoms with van der Waals surface area (Å²) in [5, 5.41) is 3.62. The van der Waals surface area contributed by atoms with E-state index in [9.17, 15) is 9.59 Å². The first-order valence-electron chi connectivity index (χ1n) is 8.20. The summed E-state index contributed by atoms with van der Waals surface area (Å²) in [6.07, 6.45) is 5.35. The average molecular weight is 293 g/mol. The van der Waals surface area contributed by atoms with Crippen molar-refractivity contribution in [2.45, 2.75) is 63.6 Å². The highest BCUT2D eigenvalue weighted by Gasteiger charge is 2.44.